The van der Waals surface area contributed by atoms with Crippen molar-refractivity contribution in [3.63, 3.8) is 0 Å². The summed E-state index contributed by atoms with van der Waals surface area (Å²) in [6.45, 7) is 0.257. The van der Waals surface area contributed by atoms with Crippen molar-refractivity contribution < 1.29 is 4.39 Å². The largest absolute Gasteiger partial charge is 0.382 e. The number of aromatic nitrogens is 2. The van der Waals surface area contributed by atoms with E-state index in [1.54, 1.807) is 0 Å². The van der Waals surface area contributed by atoms with Crippen LogP contribution in [0.15, 0.2) is 28.5 Å². The van der Waals surface area contributed by atoms with Gasteiger partial charge >= 0.3 is 5.69 Å². The van der Waals surface area contributed by atoms with Gasteiger partial charge in [-0.3, -0.25) is 4.57 Å². The van der Waals surface area contributed by atoms with Crippen LogP contribution in [0.25, 0.3) is 0 Å². The summed E-state index contributed by atoms with van der Waals surface area (Å²) in [5.41, 5.74) is 4.91. The molecule has 0 aliphatic carbocycles. The maximum atomic E-state index is 13.0. The summed E-state index contributed by atoms with van der Waals surface area (Å²) >= 11 is 1.48. The van der Waals surface area contributed by atoms with E-state index in [0.29, 0.717) is 0 Å². The Morgan fingerprint density at radius 1 is 1.60 bits per heavy atom. The highest BCUT2D eigenvalue weighted by Gasteiger charge is 2.08. The van der Waals surface area contributed by atoms with E-state index in [1.165, 1.54) is 11.3 Å². The molecular weight excluding hydrogens is 217 g/mol. The van der Waals surface area contributed by atoms with Crippen molar-refractivity contribution in [1.82, 2.24) is 9.55 Å². The first-order chi connectivity index (χ1) is 7.18. The number of thiophene rings is 1. The number of nitrogen functional groups attached to an aromatic ring is 1. The van der Waals surface area contributed by atoms with Crippen molar-refractivity contribution in [3.8, 4) is 0 Å². The Bertz CT molecular complexity index is 521. The third-order valence-electron chi connectivity index (χ3n) is 1.95. The highest BCUT2D eigenvalue weighted by atomic mass is 32.1. The van der Waals surface area contributed by atoms with Gasteiger partial charge < -0.3 is 5.73 Å². The standard InChI is InChI=1S/C9H8FN3OS/c10-7-4-12-9(14)13(8(7)11)5-6-2-1-3-15-6/h1-4H,5,11H2. The van der Waals surface area contributed by atoms with Crippen LogP contribution in [0.2, 0.25) is 0 Å². The lowest BCUT2D eigenvalue weighted by atomic mass is 10.4. The molecule has 78 valence electrons. The van der Waals surface area contributed by atoms with E-state index < -0.39 is 11.5 Å². The number of nitrogens with zero attached hydrogens (tertiary/aromatic N) is 2. The Morgan fingerprint density at radius 3 is 3.07 bits per heavy atom. The molecule has 4 nitrogen and oxygen atoms in total. The molecule has 2 aromatic rings. The van der Waals surface area contributed by atoms with Gasteiger partial charge in [-0.15, -0.1) is 11.3 Å². The zero-order valence-electron chi connectivity index (χ0n) is 7.68. The maximum absolute atomic E-state index is 13.0. The third-order valence-corrected chi connectivity index (χ3v) is 2.81. The van der Waals surface area contributed by atoms with Crippen LogP contribution in [0.1, 0.15) is 4.88 Å². The summed E-state index contributed by atoms with van der Waals surface area (Å²) in [6.07, 6.45) is 0.836. The summed E-state index contributed by atoms with van der Waals surface area (Å²) in [5, 5.41) is 1.88. The molecule has 6 heteroatoms. The smallest absolute Gasteiger partial charge is 0.349 e. The normalized spacial score (nSPS) is 10.5. The maximum Gasteiger partial charge on any atom is 0.349 e. The van der Waals surface area contributed by atoms with Crippen molar-refractivity contribution in [1.29, 1.82) is 0 Å². The number of halogens is 1. The summed E-state index contributed by atoms with van der Waals surface area (Å²) in [5.74, 6) is -0.852. The van der Waals surface area contributed by atoms with E-state index in [1.807, 2.05) is 17.5 Å². The number of rotatable bonds is 2. The molecule has 2 rings (SSSR count). The fourth-order valence-electron chi connectivity index (χ4n) is 1.19. The number of nitrogens with two attached hydrogens (primary N) is 1. The van der Waals surface area contributed by atoms with Gasteiger partial charge in [-0.2, -0.15) is 4.98 Å². The molecule has 0 bridgehead atoms. The summed E-state index contributed by atoms with van der Waals surface area (Å²) < 4.78 is 14.2. The average Bonchev–Trinajstić information content (AvgIpc) is 2.71. The SMILES string of the molecule is Nc1c(F)cnc(=O)n1Cc1cccs1. The zero-order chi connectivity index (χ0) is 10.8. The zero-order valence-corrected chi connectivity index (χ0v) is 8.50. The van der Waals surface area contributed by atoms with Crippen molar-refractivity contribution in [2.24, 2.45) is 0 Å². The van der Waals surface area contributed by atoms with E-state index >= 15 is 0 Å². The van der Waals surface area contributed by atoms with Gasteiger partial charge in [0.1, 0.15) is 5.82 Å². The van der Waals surface area contributed by atoms with Crippen LogP contribution in [0.4, 0.5) is 10.2 Å². The molecule has 0 saturated carbocycles. The number of anilines is 1. The Labute approximate surface area is 88.8 Å². The second-order valence-corrected chi connectivity index (χ2v) is 3.97. The van der Waals surface area contributed by atoms with Gasteiger partial charge in [0.15, 0.2) is 5.82 Å². The second kappa shape index (κ2) is 3.82. The van der Waals surface area contributed by atoms with Crippen molar-refractivity contribution in [2.45, 2.75) is 6.54 Å². The van der Waals surface area contributed by atoms with Crippen LogP contribution in [0.3, 0.4) is 0 Å². The van der Waals surface area contributed by atoms with Gasteiger partial charge in [0.05, 0.1) is 12.7 Å². The van der Waals surface area contributed by atoms with E-state index in [-0.39, 0.29) is 12.4 Å². The quantitative estimate of drug-likeness (QED) is 0.831. The lowest BCUT2D eigenvalue weighted by molar-refractivity contribution is 0.591. The molecule has 0 unspecified atom stereocenters. The van der Waals surface area contributed by atoms with Gasteiger partial charge in [0.2, 0.25) is 0 Å². The molecule has 0 fully saturated rings. The minimum absolute atomic E-state index is 0.177. The van der Waals surface area contributed by atoms with E-state index in [2.05, 4.69) is 4.98 Å². The Balaban J connectivity index is 2.44. The van der Waals surface area contributed by atoms with Gasteiger partial charge in [-0.1, -0.05) is 6.07 Å². The summed E-state index contributed by atoms with van der Waals surface area (Å²) in [7, 11) is 0. The van der Waals surface area contributed by atoms with Crippen molar-refractivity contribution in [3.05, 3.63) is 44.9 Å². The van der Waals surface area contributed by atoms with Crippen molar-refractivity contribution in [2.75, 3.05) is 5.73 Å². The van der Waals surface area contributed by atoms with Crippen LogP contribution in [-0.4, -0.2) is 9.55 Å². The lowest BCUT2D eigenvalue weighted by Gasteiger charge is -2.06. The van der Waals surface area contributed by atoms with Gasteiger partial charge in [0, 0.05) is 4.88 Å². The second-order valence-electron chi connectivity index (χ2n) is 2.94. The Kier molecular flexibility index (Phi) is 2.51. The Hall–Kier alpha value is -1.69. The highest BCUT2D eigenvalue weighted by molar-refractivity contribution is 7.09. The Morgan fingerprint density at radius 2 is 2.40 bits per heavy atom. The predicted octanol–water partition coefficient (Wildman–Crippen LogP) is 1.07. The molecule has 0 aliphatic heterocycles. The monoisotopic (exact) mass is 225 g/mol. The molecule has 2 N–H and O–H groups in total. The molecule has 0 saturated heterocycles. The third kappa shape index (κ3) is 1.89. The molecule has 0 aliphatic rings. The first-order valence-corrected chi connectivity index (χ1v) is 5.09. The summed E-state index contributed by atoms with van der Waals surface area (Å²) in [6, 6.07) is 3.70. The van der Waals surface area contributed by atoms with E-state index in [0.717, 1.165) is 15.6 Å². The van der Waals surface area contributed by atoms with Crippen LogP contribution >= 0.6 is 11.3 Å². The molecule has 2 aromatic heterocycles. The van der Waals surface area contributed by atoms with Crippen molar-refractivity contribution >= 4 is 17.2 Å². The minimum atomic E-state index is -0.675. The molecule has 0 atom stereocenters. The number of hydrogen-bond acceptors (Lipinski definition) is 4. The van der Waals surface area contributed by atoms with Crippen LogP contribution in [0.5, 0.6) is 0 Å². The molecule has 0 amide bonds. The fourth-order valence-corrected chi connectivity index (χ4v) is 1.88. The molecule has 15 heavy (non-hydrogen) atoms. The molecular formula is C9H8FN3OS. The lowest BCUT2D eigenvalue weighted by Crippen LogP contribution is -2.26. The number of hydrogen-bond donors (Lipinski definition) is 1. The molecule has 2 heterocycles. The van der Waals surface area contributed by atoms with Crippen LogP contribution in [0, 0.1) is 5.82 Å². The van der Waals surface area contributed by atoms with E-state index in [4.69, 9.17) is 5.73 Å². The molecule has 0 spiro atoms. The minimum Gasteiger partial charge on any atom is -0.382 e. The first-order valence-electron chi connectivity index (χ1n) is 4.21. The van der Waals surface area contributed by atoms with Crippen LogP contribution in [-0.2, 0) is 6.54 Å². The highest BCUT2D eigenvalue weighted by Crippen LogP contribution is 2.12. The molecule has 0 radical (unpaired) electrons. The van der Waals surface area contributed by atoms with Gasteiger partial charge in [-0.05, 0) is 11.4 Å². The first kappa shape index (κ1) is 9.85. The summed E-state index contributed by atoms with van der Waals surface area (Å²) in [4.78, 5) is 15.6. The average molecular weight is 225 g/mol. The topological polar surface area (TPSA) is 60.9 Å². The van der Waals surface area contributed by atoms with E-state index in [9.17, 15) is 9.18 Å². The molecule has 0 aromatic carbocycles. The van der Waals surface area contributed by atoms with Crippen LogP contribution < -0.4 is 11.4 Å². The fraction of sp³-hybridized carbons (Fsp3) is 0.111. The predicted molar refractivity (Wildman–Crippen MR) is 56.3 cm³/mol. The van der Waals surface area contributed by atoms with Gasteiger partial charge in [-0.25, -0.2) is 9.18 Å². The van der Waals surface area contributed by atoms with Gasteiger partial charge in [0.25, 0.3) is 0 Å².